The number of nitrogens with zero attached hydrogens (tertiary/aromatic N) is 3. The standard InChI is InChI=1S/C20H22N4O3S/c1-14-16(7-8-18(25)23-9-11-27-12-10-23)19(26)24(22-14)20-21-17(13-28-20)15-5-3-2-4-6-15/h2-6,13,22H,7-12H2,1H3. The quantitative estimate of drug-likeness (QED) is 0.716. The van der Waals surface area contributed by atoms with Crippen molar-refractivity contribution in [2.24, 2.45) is 0 Å². The molecule has 146 valence electrons. The van der Waals surface area contributed by atoms with Gasteiger partial charge in [-0.2, -0.15) is 4.68 Å². The highest BCUT2D eigenvalue weighted by atomic mass is 32.1. The Morgan fingerprint density at radius 1 is 1.25 bits per heavy atom. The van der Waals surface area contributed by atoms with Crippen molar-refractivity contribution >= 4 is 17.2 Å². The number of morpholine rings is 1. The van der Waals surface area contributed by atoms with Gasteiger partial charge in [-0.3, -0.25) is 14.7 Å². The van der Waals surface area contributed by atoms with Crippen LogP contribution in [0.2, 0.25) is 0 Å². The monoisotopic (exact) mass is 398 g/mol. The number of hydrogen-bond donors (Lipinski definition) is 1. The third kappa shape index (κ3) is 3.79. The molecule has 1 aromatic carbocycles. The lowest BCUT2D eigenvalue weighted by atomic mass is 10.1. The van der Waals surface area contributed by atoms with Crippen molar-refractivity contribution < 1.29 is 9.53 Å². The zero-order valence-corrected chi connectivity index (χ0v) is 16.5. The predicted octanol–water partition coefficient (Wildman–Crippen LogP) is 2.39. The Hall–Kier alpha value is -2.71. The molecule has 0 spiro atoms. The van der Waals surface area contributed by atoms with Crippen LogP contribution in [0.1, 0.15) is 17.7 Å². The van der Waals surface area contributed by atoms with Gasteiger partial charge in [-0.15, -0.1) is 11.3 Å². The normalized spacial score (nSPS) is 14.4. The second-order valence-corrected chi connectivity index (χ2v) is 7.57. The summed E-state index contributed by atoms with van der Waals surface area (Å²) in [7, 11) is 0. The lowest BCUT2D eigenvalue weighted by molar-refractivity contribution is -0.135. The van der Waals surface area contributed by atoms with Gasteiger partial charge in [-0.05, 0) is 13.3 Å². The van der Waals surface area contributed by atoms with Gasteiger partial charge in [0.05, 0.1) is 18.9 Å². The summed E-state index contributed by atoms with van der Waals surface area (Å²) < 4.78 is 6.75. The average Bonchev–Trinajstić information content (AvgIpc) is 3.32. The van der Waals surface area contributed by atoms with Gasteiger partial charge in [-0.25, -0.2) is 4.98 Å². The number of H-pyrrole nitrogens is 1. The summed E-state index contributed by atoms with van der Waals surface area (Å²) in [6, 6.07) is 9.86. The zero-order valence-electron chi connectivity index (χ0n) is 15.7. The van der Waals surface area contributed by atoms with Gasteiger partial charge >= 0.3 is 0 Å². The molecule has 0 radical (unpaired) electrons. The van der Waals surface area contributed by atoms with E-state index in [2.05, 4.69) is 10.1 Å². The summed E-state index contributed by atoms with van der Waals surface area (Å²) in [4.78, 5) is 31.6. The lowest BCUT2D eigenvalue weighted by Gasteiger charge is -2.26. The van der Waals surface area contributed by atoms with Crippen LogP contribution >= 0.6 is 11.3 Å². The van der Waals surface area contributed by atoms with Crippen LogP contribution in [-0.4, -0.2) is 51.9 Å². The number of aromatic nitrogens is 3. The second kappa shape index (κ2) is 8.12. The number of aryl methyl sites for hydroxylation is 1. The lowest BCUT2D eigenvalue weighted by Crippen LogP contribution is -2.40. The largest absolute Gasteiger partial charge is 0.378 e. The van der Waals surface area contributed by atoms with Crippen molar-refractivity contribution in [2.45, 2.75) is 19.8 Å². The van der Waals surface area contributed by atoms with E-state index in [-0.39, 0.29) is 11.5 Å². The van der Waals surface area contributed by atoms with Crippen molar-refractivity contribution in [1.82, 2.24) is 19.7 Å². The Bertz CT molecular complexity index is 1020. The highest BCUT2D eigenvalue weighted by Crippen LogP contribution is 2.23. The number of ether oxygens (including phenoxy) is 1. The van der Waals surface area contributed by atoms with Crippen LogP contribution in [0.15, 0.2) is 40.5 Å². The SMILES string of the molecule is Cc1[nH]n(-c2nc(-c3ccccc3)cs2)c(=O)c1CCC(=O)N1CCOCC1. The first-order valence-corrected chi connectivity index (χ1v) is 10.2. The summed E-state index contributed by atoms with van der Waals surface area (Å²) in [6.07, 6.45) is 0.738. The van der Waals surface area contributed by atoms with Crippen LogP contribution in [-0.2, 0) is 16.0 Å². The van der Waals surface area contributed by atoms with E-state index in [0.29, 0.717) is 49.8 Å². The predicted molar refractivity (Wildman–Crippen MR) is 108 cm³/mol. The molecule has 1 aliphatic rings. The molecule has 7 nitrogen and oxygen atoms in total. The van der Waals surface area contributed by atoms with Crippen LogP contribution in [0.25, 0.3) is 16.4 Å². The molecule has 0 unspecified atom stereocenters. The number of rotatable bonds is 5. The molecule has 1 N–H and O–H groups in total. The van der Waals surface area contributed by atoms with Gasteiger partial charge in [-0.1, -0.05) is 30.3 Å². The fourth-order valence-corrected chi connectivity index (χ4v) is 4.11. The number of amides is 1. The molecule has 4 rings (SSSR count). The van der Waals surface area contributed by atoms with E-state index >= 15 is 0 Å². The minimum absolute atomic E-state index is 0.0652. The van der Waals surface area contributed by atoms with Gasteiger partial charge in [0, 0.05) is 41.7 Å². The number of hydrogen-bond acceptors (Lipinski definition) is 5. The molecule has 0 bridgehead atoms. The van der Waals surface area contributed by atoms with E-state index in [4.69, 9.17) is 4.74 Å². The number of carbonyl (C=O) groups excluding carboxylic acids is 1. The van der Waals surface area contributed by atoms with Gasteiger partial charge in [0.25, 0.3) is 5.56 Å². The van der Waals surface area contributed by atoms with Crippen LogP contribution in [0.3, 0.4) is 0 Å². The molecule has 1 aliphatic heterocycles. The molecule has 1 saturated heterocycles. The number of nitrogens with one attached hydrogen (secondary N) is 1. The first kappa shape index (κ1) is 18.6. The van der Waals surface area contributed by atoms with E-state index in [1.54, 1.807) is 4.90 Å². The maximum atomic E-state index is 12.9. The Labute approximate surface area is 166 Å². The minimum atomic E-state index is -0.138. The van der Waals surface area contributed by atoms with E-state index in [9.17, 15) is 9.59 Å². The maximum absolute atomic E-state index is 12.9. The second-order valence-electron chi connectivity index (χ2n) is 6.73. The molecule has 0 atom stereocenters. The van der Waals surface area contributed by atoms with E-state index in [1.165, 1.54) is 16.0 Å². The molecule has 1 fully saturated rings. The summed E-state index contributed by atoms with van der Waals surface area (Å²) in [5, 5.41) is 5.64. The molecule has 1 amide bonds. The highest BCUT2D eigenvalue weighted by molar-refractivity contribution is 7.12. The van der Waals surface area contributed by atoms with Crippen LogP contribution in [0.5, 0.6) is 0 Å². The Morgan fingerprint density at radius 3 is 2.75 bits per heavy atom. The van der Waals surface area contributed by atoms with Crippen molar-refractivity contribution in [2.75, 3.05) is 26.3 Å². The number of benzene rings is 1. The third-order valence-corrected chi connectivity index (χ3v) is 5.72. The highest BCUT2D eigenvalue weighted by Gasteiger charge is 2.20. The van der Waals surface area contributed by atoms with Crippen molar-refractivity contribution in [3.05, 3.63) is 57.3 Å². The smallest absolute Gasteiger partial charge is 0.276 e. The molecule has 2 aromatic heterocycles. The zero-order chi connectivity index (χ0) is 19.5. The van der Waals surface area contributed by atoms with Crippen LogP contribution in [0, 0.1) is 6.92 Å². The Morgan fingerprint density at radius 2 is 2.00 bits per heavy atom. The summed E-state index contributed by atoms with van der Waals surface area (Å²) in [5.74, 6) is 0.0652. The van der Waals surface area contributed by atoms with Crippen LogP contribution in [0.4, 0.5) is 0 Å². The minimum Gasteiger partial charge on any atom is -0.378 e. The average molecular weight is 398 g/mol. The summed E-state index contributed by atoms with van der Waals surface area (Å²) in [6.45, 7) is 4.26. The number of thiazole rings is 1. The molecule has 3 aromatic rings. The number of aromatic amines is 1. The molecule has 8 heteroatoms. The molecular weight excluding hydrogens is 376 g/mol. The first-order valence-electron chi connectivity index (χ1n) is 9.31. The molecule has 0 aliphatic carbocycles. The van der Waals surface area contributed by atoms with Crippen molar-refractivity contribution in [1.29, 1.82) is 0 Å². The van der Waals surface area contributed by atoms with Crippen molar-refractivity contribution in [3.63, 3.8) is 0 Å². The van der Waals surface area contributed by atoms with E-state index in [1.807, 2.05) is 42.6 Å². The topological polar surface area (TPSA) is 80.2 Å². The van der Waals surface area contributed by atoms with Crippen LogP contribution < -0.4 is 5.56 Å². The van der Waals surface area contributed by atoms with E-state index in [0.717, 1.165) is 17.0 Å². The third-order valence-electron chi connectivity index (χ3n) is 4.90. The molecular formula is C20H22N4O3S. The van der Waals surface area contributed by atoms with Crippen molar-refractivity contribution in [3.8, 4) is 16.4 Å². The molecule has 3 heterocycles. The fraction of sp³-hybridized carbons (Fsp3) is 0.350. The van der Waals surface area contributed by atoms with Gasteiger partial charge < -0.3 is 9.64 Å². The first-order chi connectivity index (χ1) is 13.6. The fourth-order valence-electron chi connectivity index (χ4n) is 3.32. The van der Waals surface area contributed by atoms with Gasteiger partial charge in [0.1, 0.15) is 0 Å². The Kier molecular flexibility index (Phi) is 5.40. The summed E-state index contributed by atoms with van der Waals surface area (Å²) >= 11 is 1.41. The Balaban J connectivity index is 1.51. The summed E-state index contributed by atoms with van der Waals surface area (Å²) in [5.41, 5.74) is 3.12. The van der Waals surface area contributed by atoms with E-state index < -0.39 is 0 Å². The number of carbonyl (C=O) groups is 1. The molecule has 28 heavy (non-hydrogen) atoms. The molecule has 0 saturated carbocycles. The maximum Gasteiger partial charge on any atom is 0.276 e. The van der Waals surface area contributed by atoms with Gasteiger partial charge in [0.2, 0.25) is 11.0 Å². The van der Waals surface area contributed by atoms with Gasteiger partial charge in [0.15, 0.2) is 0 Å².